The Balaban J connectivity index is 1.45. The van der Waals surface area contributed by atoms with E-state index in [-0.39, 0.29) is 41.5 Å². The largest absolute Gasteiger partial charge is 0.299 e. The van der Waals surface area contributed by atoms with Crippen LogP contribution in [-0.2, 0) is 9.59 Å². The number of fused-ring (bicyclic) bond motifs is 3. The molecule has 2 N–H and O–H groups in total. The number of benzene rings is 1. The minimum absolute atomic E-state index is 0.0302. The van der Waals surface area contributed by atoms with Gasteiger partial charge in [0.2, 0.25) is 11.9 Å². The summed E-state index contributed by atoms with van der Waals surface area (Å²) in [5, 5.41) is 5.49. The minimum atomic E-state index is -0.334. The normalized spacial score (nSPS) is 30.9. The fraction of sp³-hybridized carbons (Fsp3) is 0.455. The van der Waals surface area contributed by atoms with Crippen molar-refractivity contribution in [2.24, 2.45) is 17.8 Å². The van der Waals surface area contributed by atoms with Gasteiger partial charge in [0.05, 0.1) is 12.1 Å². The molecule has 0 bridgehead atoms. The number of Topliss-reactive ketones (excluding diaryl/α,β-unsaturated/α-hetero) is 1. The van der Waals surface area contributed by atoms with E-state index in [0.717, 1.165) is 23.4 Å². The lowest BCUT2D eigenvalue weighted by Gasteiger charge is -2.43. The molecule has 3 heterocycles. The number of amides is 1. The molecule has 3 aliphatic rings. The van der Waals surface area contributed by atoms with Gasteiger partial charge < -0.3 is 0 Å². The van der Waals surface area contributed by atoms with E-state index in [1.54, 1.807) is 0 Å². The molecule has 1 saturated carbocycles. The number of ketones is 1. The van der Waals surface area contributed by atoms with Gasteiger partial charge in [-0.3, -0.25) is 14.9 Å². The van der Waals surface area contributed by atoms with Crippen LogP contribution in [0.2, 0.25) is 5.02 Å². The van der Waals surface area contributed by atoms with Crippen LogP contribution in [0.5, 0.6) is 0 Å². The summed E-state index contributed by atoms with van der Waals surface area (Å²) >= 11 is 6.18. The van der Waals surface area contributed by atoms with Crippen LogP contribution in [0.25, 0.3) is 0 Å². The summed E-state index contributed by atoms with van der Waals surface area (Å²) in [6.45, 7) is 4.35. The molecule has 5 atom stereocenters. The third-order valence-corrected chi connectivity index (χ3v) is 6.81. The monoisotopic (exact) mass is 425 g/mol. The van der Waals surface area contributed by atoms with E-state index in [1.165, 1.54) is 5.01 Å². The Kier molecular flexibility index (Phi) is 4.84. The highest BCUT2D eigenvalue weighted by Gasteiger charge is 2.54. The van der Waals surface area contributed by atoms with Gasteiger partial charge in [-0.1, -0.05) is 23.7 Å². The van der Waals surface area contributed by atoms with Crippen LogP contribution >= 0.6 is 11.6 Å². The number of piperidine rings is 1. The van der Waals surface area contributed by atoms with Gasteiger partial charge in [0.25, 0.3) is 0 Å². The second-order valence-corrected chi connectivity index (χ2v) is 9.03. The molecule has 2 saturated heterocycles. The number of rotatable bonds is 2. The summed E-state index contributed by atoms with van der Waals surface area (Å²) < 4.78 is 0. The molecule has 156 valence electrons. The van der Waals surface area contributed by atoms with Gasteiger partial charge in [0.1, 0.15) is 5.78 Å². The molecule has 5 unspecified atom stereocenters. The van der Waals surface area contributed by atoms with E-state index in [4.69, 9.17) is 11.6 Å². The first-order chi connectivity index (χ1) is 14.4. The van der Waals surface area contributed by atoms with Crippen molar-refractivity contribution in [1.29, 1.82) is 0 Å². The molecule has 2 aliphatic heterocycles. The highest BCUT2D eigenvalue weighted by molar-refractivity contribution is 6.30. The lowest BCUT2D eigenvalue weighted by molar-refractivity contribution is -0.133. The summed E-state index contributed by atoms with van der Waals surface area (Å²) in [4.78, 5) is 35.3. The summed E-state index contributed by atoms with van der Waals surface area (Å²) in [5.74, 6) is 0.0705. The van der Waals surface area contributed by atoms with E-state index < -0.39 is 0 Å². The first-order valence-electron chi connectivity index (χ1n) is 10.3. The molecule has 0 radical (unpaired) electrons. The zero-order valence-corrected chi connectivity index (χ0v) is 17.7. The second kappa shape index (κ2) is 7.41. The number of nitrogens with zero attached hydrogens (tertiary/aromatic N) is 3. The molecular formula is C22H24ClN5O2. The van der Waals surface area contributed by atoms with Gasteiger partial charge >= 0.3 is 0 Å². The average molecular weight is 426 g/mol. The molecule has 8 heteroatoms. The number of anilines is 1. The number of hydrogen-bond acceptors (Lipinski definition) is 6. The Morgan fingerprint density at radius 3 is 2.63 bits per heavy atom. The minimum Gasteiger partial charge on any atom is -0.299 e. The van der Waals surface area contributed by atoms with Crippen molar-refractivity contribution < 1.29 is 9.59 Å². The van der Waals surface area contributed by atoms with Gasteiger partial charge in [-0.05, 0) is 55.9 Å². The SMILES string of the molecule is Cc1cc(C)nc(N2NC3NCC4C(=O)CC(c5cccc(Cl)c5)CC4C3C2=O)n1. The van der Waals surface area contributed by atoms with E-state index in [0.29, 0.717) is 23.9 Å². The van der Waals surface area contributed by atoms with Gasteiger partial charge in [-0.2, -0.15) is 0 Å². The number of nitrogens with one attached hydrogen (secondary N) is 2. The van der Waals surface area contributed by atoms with Crippen molar-refractivity contribution in [2.75, 3.05) is 11.6 Å². The zero-order valence-electron chi connectivity index (χ0n) is 16.9. The molecule has 1 aromatic heterocycles. The molecule has 1 aliphatic carbocycles. The smallest absolute Gasteiger partial charge is 0.250 e. The second-order valence-electron chi connectivity index (χ2n) is 8.59. The molecule has 5 rings (SSSR count). The van der Waals surface area contributed by atoms with Crippen LogP contribution in [0, 0.1) is 31.6 Å². The van der Waals surface area contributed by atoms with Crippen LogP contribution in [0.1, 0.15) is 35.7 Å². The fourth-order valence-electron chi connectivity index (χ4n) is 5.28. The summed E-state index contributed by atoms with van der Waals surface area (Å²) in [7, 11) is 0. The fourth-order valence-corrected chi connectivity index (χ4v) is 5.48. The van der Waals surface area contributed by atoms with Crippen molar-refractivity contribution in [2.45, 2.75) is 38.8 Å². The first kappa shape index (κ1) is 19.6. The third kappa shape index (κ3) is 3.31. The Morgan fingerprint density at radius 2 is 1.90 bits per heavy atom. The van der Waals surface area contributed by atoms with Crippen molar-refractivity contribution >= 4 is 29.2 Å². The van der Waals surface area contributed by atoms with Crippen molar-refractivity contribution in [3.05, 3.63) is 52.3 Å². The van der Waals surface area contributed by atoms with Gasteiger partial charge in [-0.15, -0.1) is 0 Å². The average Bonchev–Trinajstić information content (AvgIpc) is 3.04. The van der Waals surface area contributed by atoms with Gasteiger partial charge in [0, 0.05) is 35.3 Å². The number of aromatic nitrogens is 2. The maximum atomic E-state index is 13.4. The predicted octanol–water partition coefficient (Wildman–Crippen LogP) is 2.52. The third-order valence-electron chi connectivity index (χ3n) is 6.58. The predicted molar refractivity (Wildman–Crippen MR) is 113 cm³/mol. The maximum Gasteiger partial charge on any atom is 0.250 e. The van der Waals surface area contributed by atoms with Crippen LogP contribution < -0.4 is 15.8 Å². The maximum absolute atomic E-state index is 13.4. The van der Waals surface area contributed by atoms with Crippen molar-refractivity contribution in [3.8, 4) is 0 Å². The van der Waals surface area contributed by atoms with Crippen LogP contribution in [0.3, 0.4) is 0 Å². The molecule has 1 amide bonds. The topological polar surface area (TPSA) is 87.2 Å². The Hall–Kier alpha value is -2.35. The number of hydrogen-bond donors (Lipinski definition) is 2. The van der Waals surface area contributed by atoms with E-state index in [2.05, 4.69) is 20.7 Å². The van der Waals surface area contributed by atoms with Crippen LogP contribution in [-0.4, -0.2) is 34.4 Å². The van der Waals surface area contributed by atoms with Crippen molar-refractivity contribution in [1.82, 2.24) is 20.7 Å². The number of carbonyl (C=O) groups excluding carboxylic acids is 2. The lowest BCUT2D eigenvalue weighted by Crippen LogP contribution is -2.57. The Labute approximate surface area is 180 Å². The molecule has 7 nitrogen and oxygen atoms in total. The number of carbonyl (C=O) groups is 2. The number of hydrazine groups is 1. The summed E-state index contributed by atoms with van der Waals surface area (Å²) in [6.07, 6.45) is 1.05. The molecule has 0 spiro atoms. The number of halogens is 1. The van der Waals surface area contributed by atoms with E-state index in [1.807, 2.05) is 44.2 Å². The Morgan fingerprint density at radius 1 is 1.13 bits per heavy atom. The quantitative estimate of drug-likeness (QED) is 0.768. The highest BCUT2D eigenvalue weighted by Crippen LogP contribution is 2.45. The molecular weight excluding hydrogens is 402 g/mol. The molecule has 1 aromatic carbocycles. The summed E-state index contributed by atoms with van der Waals surface area (Å²) in [6, 6.07) is 9.59. The lowest BCUT2D eigenvalue weighted by atomic mass is 9.64. The van der Waals surface area contributed by atoms with Crippen LogP contribution in [0.4, 0.5) is 5.95 Å². The zero-order chi connectivity index (χ0) is 21.0. The Bertz CT molecular complexity index is 1010. The number of aryl methyl sites for hydroxylation is 2. The standard InChI is InChI=1S/C22H24ClN5O2/c1-11-6-12(2)26-22(25-11)28-21(30)19-16-8-14(13-4-3-5-15(23)7-13)9-18(29)17(16)10-24-20(19)27-28/h3-7,14,16-17,19-20,24,27H,8-10H2,1-2H3. The van der Waals surface area contributed by atoms with E-state index in [9.17, 15) is 9.59 Å². The molecule has 2 aromatic rings. The first-order valence-corrected chi connectivity index (χ1v) is 10.7. The summed E-state index contributed by atoms with van der Waals surface area (Å²) in [5.41, 5.74) is 5.92. The van der Waals surface area contributed by atoms with Gasteiger partial charge in [-0.25, -0.2) is 20.4 Å². The van der Waals surface area contributed by atoms with E-state index >= 15 is 0 Å². The van der Waals surface area contributed by atoms with Crippen molar-refractivity contribution in [3.63, 3.8) is 0 Å². The highest BCUT2D eigenvalue weighted by atomic mass is 35.5. The van der Waals surface area contributed by atoms with Gasteiger partial charge in [0.15, 0.2) is 0 Å². The van der Waals surface area contributed by atoms with Crippen LogP contribution in [0.15, 0.2) is 30.3 Å². The molecule has 30 heavy (non-hydrogen) atoms. The molecule has 3 fully saturated rings.